The third-order valence-corrected chi connectivity index (χ3v) is 4.31. The third-order valence-electron chi connectivity index (χ3n) is 4.31. The first-order chi connectivity index (χ1) is 13.2. The molecule has 0 saturated carbocycles. The Balaban J connectivity index is 1.54. The molecule has 4 heteroatoms. The van der Waals surface area contributed by atoms with Crippen molar-refractivity contribution in [1.82, 2.24) is 5.32 Å². The highest BCUT2D eigenvalue weighted by atomic mass is 16.5. The molecular formula is C23H23NO3. The summed E-state index contributed by atoms with van der Waals surface area (Å²) in [6.07, 6.45) is 0.418. The molecule has 0 unspecified atom stereocenters. The summed E-state index contributed by atoms with van der Waals surface area (Å²) in [6, 6.07) is 26.7. The second-order valence-electron chi connectivity index (χ2n) is 6.38. The van der Waals surface area contributed by atoms with Gasteiger partial charge in [0.05, 0.1) is 0 Å². The van der Waals surface area contributed by atoms with Crippen molar-refractivity contribution >= 4 is 5.97 Å². The lowest BCUT2D eigenvalue weighted by molar-refractivity contribution is -0.139. The number of carbonyl (C=O) groups is 1. The average Bonchev–Trinajstić information content (AvgIpc) is 2.72. The zero-order chi connectivity index (χ0) is 18.9. The van der Waals surface area contributed by atoms with E-state index in [1.54, 1.807) is 0 Å². The fraction of sp³-hybridized carbons (Fsp3) is 0.174. The van der Waals surface area contributed by atoms with Crippen molar-refractivity contribution < 1.29 is 14.6 Å². The van der Waals surface area contributed by atoms with Crippen LogP contribution < -0.4 is 10.1 Å². The van der Waals surface area contributed by atoms with E-state index in [1.165, 1.54) is 0 Å². The average molecular weight is 361 g/mol. The summed E-state index contributed by atoms with van der Waals surface area (Å²) < 4.78 is 5.77. The summed E-state index contributed by atoms with van der Waals surface area (Å²) in [5.74, 6) is -0.0814. The standard InChI is InChI=1S/C23H23NO3/c25-23(26)22(24-16-19-7-3-1-4-8-19)15-18-11-13-21(14-12-18)27-17-20-9-5-2-6-10-20/h1-14,22,24H,15-17H2,(H,25,26)/t22-/m1/s1. The van der Waals surface area contributed by atoms with Crippen LogP contribution in [0.5, 0.6) is 5.75 Å². The highest BCUT2D eigenvalue weighted by Crippen LogP contribution is 2.15. The quantitative estimate of drug-likeness (QED) is 0.604. The van der Waals surface area contributed by atoms with Crippen LogP contribution in [0.3, 0.4) is 0 Å². The second-order valence-corrected chi connectivity index (χ2v) is 6.38. The van der Waals surface area contributed by atoms with Gasteiger partial charge in [-0.25, -0.2) is 0 Å². The number of benzene rings is 3. The maximum absolute atomic E-state index is 11.6. The van der Waals surface area contributed by atoms with E-state index in [0.717, 1.165) is 22.4 Å². The molecule has 0 fully saturated rings. The number of aliphatic carboxylic acids is 1. The topological polar surface area (TPSA) is 58.6 Å². The zero-order valence-electron chi connectivity index (χ0n) is 15.0. The molecular weight excluding hydrogens is 338 g/mol. The van der Waals surface area contributed by atoms with Gasteiger partial charge >= 0.3 is 5.97 Å². The molecule has 0 saturated heterocycles. The molecule has 0 aromatic heterocycles. The Kier molecular flexibility index (Phi) is 6.61. The van der Waals surface area contributed by atoms with E-state index in [1.807, 2.05) is 84.9 Å². The van der Waals surface area contributed by atoms with Gasteiger partial charge in [0.2, 0.25) is 0 Å². The number of ether oxygens (including phenoxy) is 1. The molecule has 138 valence electrons. The van der Waals surface area contributed by atoms with Crippen LogP contribution in [0, 0.1) is 0 Å². The largest absolute Gasteiger partial charge is 0.489 e. The maximum Gasteiger partial charge on any atom is 0.321 e. The highest BCUT2D eigenvalue weighted by molar-refractivity contribution is 5.73. The minimum Gasteiger partial charge on any atom is -0.489 e. The van der Waals surface area contributed by atoms with E-state index in [-0.39, 0.29) is 0 Å². The molecule has 0 bridgehead atoms. The van der Waals surface area contributed by atoms with Gasteiger partial charge in [0.25, 0.3) is 0 Å². The van der Waals surface area contributed by atoms with Crippen LogP contribution in [-0.4, -0.2) is 17.1 Å². The molecule has 2 N–H and O–H groups in total. The van der Waals surface area contributed by atoms with Gasteiger partial charge in [-0.3, -0.25) is 4.79 Å². The SMILES string of the molecule is O=C(O)[C@@H](Cc1ccc(OCc2ccccc2)cc1)NCc1ccccc1. The summed E-state index contributed by atoms with van der Waals surface area (Å²) in [6.45, 7) is 1.03. The van der Waals surface area contributed by atoms with Gasteiger partial charge < -0.3 is 15.2 Å². The minimum atomic E-state index is -0.852. The fourth-order valence-corrected chi connectivity index (χ4v) is 2.78. The number of carboxylic acids is 1. The molecule has 3 aromatic carbocycles. The van der Waals surface area contributed by atoms with Crippen LogP contribution in [0.2, 0.25) is 0 Å². The van der Waals surface area contributed by atoms with Crippen LogP contribution in [0.4, 0.5) is 0 Å². The molecule has 0 spiro atoms. The Hall–Kier alpha value is -3.11. The van der Waals surface area contributed by atoms with Crippen LogP contribution in [0.25, 0.3) is 0 Å². The van der Waals surface area contributed by atoms with Crippen LogP contribution in [-0.2, 0) is 24.4 Å². The van der Waals surface area contributed by atoms with Crippen molar-refractivity contribution in [2.75, 3.05) is 0 Å². The Bertz CT molecular complexity index is 833. The zero-order valence-corrected chi connectivity index (χ0v) is 15.0. The van der Waals surface area contributed by atoms with Gasteiger partial charge in [-0.15, -0.1) is 0 Å². The van der Waals surface area contributed by atoms with Crippen molar-refractivity contribution in [1.29, 1.82) is 0 Å². The Labute approximate surface area is 159 Å². The molecule has 0 radical (unpaired) electrons. The molecule has 0 aliphatic heterocycles. The minimum absolute atomic E-state index is 0.418. The van der Waals surface area contributed by atoms with Crippen LogP contribution >= 0.6 is 0 Å². The Morgan fingerprint density at radius 2 is 1.41 bits per heavy atom. The molecule has 27 heavy (non-hydrogen) atoms. The number of hydrogen-bond donors (Lipinski definition) is 2. The van der Waals surface area contributed by atoms with E-state index >= 15 is 0 Å². The first kappa shape index (κ1) is 18.7. The van der Waals surface area contributed by atoms with Gasteiger partial charge in [-0.2, -0.15) is 0 Å². The highest BCUT2D eigenvalue weighted by Gasteiger charge is 2.17. The van der Waals surface area contributed by atoms with Crippen molar-refractivity contribution in [3.63, 3.8) is 0 Å². The van der Waals surface area contributed by atoms with Gasteiger partial charge in [0.15, 0.2) is 0 Å². The molecule has 4 nitrogen and oxygen atoms in total. The van der Waals surface area contributed by atoms with Gasteiger partial charge in [-0.1, -0.05) is 72.8 Å². The second kappa shape index (κ2) is 9.55. The number of rotatable bonds is 9. The predicted molar refractivity (Wildman–Crippen MR) is 106 cm³/mol. The van der Waals surface area contributed by atoms with Crippen molar-refractivity contribution in [3.8, 4) is 5.75 Å². The monoisotopic (exact) mass is 361 g/mol. The van der Waals surface area contributed by atoms with E-state index < -0.39 is 12.0 Å². The number of nitrogens with one attached hydrogen (secondary N) is 1. The predicted octanol–water partition coefficient (Wildman–Crippen LogP) is 4.05. The smallest absolute Gasteiger partial charge is 0.321 e. The normalized spacial score (nSPS) is 11.7. The fourth-order valence-electron chi connectivity index (χ4n) is 2.78. The maximum atomic E-state index is 11.6. The first-order valence-corrected chi connectivity index (χ1v) is 8.96. The van der Waals surface area contributed by atoms with Gasteiger partial charge in [0.1, 0.15) is 18.4 Å². The van der Waals surface area contributed by atoms with E-state index in [0.29, 0.717) is 19.6 Å². The van der Waals surface area contributed by atoms with Gasteiger partial charge in [-0.05, 0) is 35.2 Å². The molecule has 1 atom stereocenters. The molecule has 0 heterocycles. The molecule has 0 aliphatic carbocycles. The lowest BCUT2D eigenvalue weighted by Crippen LogP contribution is -2.38. The molecule has 3 aromatic rings. The van der Waals surface area contributed by atoms with E-state index in [9.17, 15) is 9.90 Å². The van der Waals surface area contributed by atoms with E-state index in [4.69, 9.17) is 4.74 Å². The summed E-state index contributed by atoms with van der Waals surface area (Å²) in [4.78, 5) is 11.6. The summed E-state index contributed by atoms with van der Waals surface area (Å²) in [5.41, 5.74) is 3.13. The van der Waals surface area contributed by atoms with Gasteiger partial charge in [0, 0.05) is 6.54 Å². The lowest BCUT2D eigenvalue weighted by atomic mass is 10.1. The third kappa shape index (κ3) is 5.97. The first-order valence-electron chi connectivity index (χ1n) is 8.96. The summed E-state index contributed by atoms with van der Waals surface area (Å²) >= 11 is 0. The molecule has 0 aliphatic rings. The van der Waals surface area contributed by atoms with Crippen molar-refractivity contribution in [2.45, 2.75) is 25.6 Å². The number of carboxylic acid groups (broad SMARTS) is 1. The van der Waals surface area contributed by atoms with Crippen molar-refractivity contribution in [2.24, 2.45) is 0 Å². The summed E-state index contributed by atoms with van der Waals surface area (Å²) in [5, 5.41) is 12.6. The molecule has 3 rings (SSSR count). The Morgan fingerprint density at radius 3 is 2.00 bits per heavy atom. The number of hydrogen-bond acceptors (Lipinski definition) is 3. The molecule has 0 amide bonds. The van der Waals surface area contributed by atoms with Crippen LogP contribution in [0.15, 0.2) is 84.9 Å². The Morgan fingerprint density at radius 1 is 0.815 bits per heavy atom. The summed E-state index contributed by atoms with van der Waals surface area (Å²) in [7, 11) is 0. The van der Waals surface area contributed by atoms with E-state index in [2.05, 4.69) is 5.32 Å². The lowest BCUT2D eigenvalue weighted by Gasteiger charge is -2.15. The van der Waals surface area contributed by atoms with Crippen LogP contribution in [0.1, 0.15) is 16.7 Å². The van der Waals surface area contributed by atoms with Crippen molar-refractivity contribution in [3.05, 3.63) is 102 Å².